The van der Waals surface area contributed by atoms with E-state index in [1.54, 1.807) is 25.2 Å². The molecule has 1 amide bonds. The second kappa shape index (κ2) is 8.26. The highest BCUT2D eigenvalue weighted by Gasteiger charge is 2.32. The maximum absolute atomic E-state index is 12.9. The molecule has 3 rings (SSSR count). The molecule has 1 unspecified atom stereocenters. The van der Waals surface area contributed by atoms with E-state index in [0.29, 0.717) is 18.2 Å². The highest BCUT2D eigenvalue weighted by atomic mass is 32.2. The van der Waals surface area contributed by atoms with E-state index < -0.39 is 10.0 Å². The number of hydrogen-bond acceptors (Lipinski definition) is 5. The van der Waals surface area contributed by atoms with Gasteiger partial charge in [0.15, 0.2) is 0 Å². The average Bonchev–Trinajstić information content (AvgIpc) is 3.17. The highest BCUT2D eigenvalue weighted by molar-refractivity contribution is 7.89. The van der Waals surface area contributed by atoms with E-state index in [2.05, 4.69) is 10.2 Å². The fourth-order valence-corrected chi connectivity index (χ4v) is 5.10. The average molecular weight is 395 g/mol. The van der Waals surface area contributed by atoms with Gasteiger partial charge in [0, 0.05) is 64.0 Å². The summed E-state index contributed by atoms with van der Waals surface area (Å²) < 4.78 is 26.8. The number of benzene rings is 1. The molecule has 0 spiro atoms. The number of nitrogens with zero attached hydrogens (tertiary/aromatic N) is 3. The molecular formula is C19H30N4O3S. The van der Waals surface area contributed by atoms with E-state index in [0.717, 1.165) is 39.1 Å². The Morgan fingerprint density at radius 1 is 1.22 bits per heavy atom. The topological polar surface area (TPSA) is 73.0 Å². The number of likely N-dealkylation sites (tertiary alicyclic amines) is 1. The Balaban J connectivity index is 1.72. The van der Waals surface area contributed by atoms with Crippen molar-refractivity contribution >= 4 is 15.9 Å². The minimum atomic E-state index is -3.60. The molecule has 1 aromatic rings. The van der Waals surface area contributed by atoms with Gasteiger partial charge in [0.05, 0.1) is 4.90 Å². The summed E-state index contributed by atoms with van der Waals surface area (Å²) >= 11 is 0. The predicted octanol–water partition coefficient (Wildman–Crippen LogP) is 0.835. The van der Waals surface area contributed by atoms with Gasteiger partial charge in [0.25, 0.3) is 5.91 Å². The van der Waals surface area contributed by atoms with Crippen LogP contribution in [0.3, 0.4) is 0 Å². The third kappa shape index (κ3) is 4.34. The molecular weight excluding hydrogens is 364 g/mol. The quantitative estimate of drug-likeness (QED) is 0.801. The third-order valence-electron chi connectivity index (χ3n) is 5.60. The molecule has 0 radical (unpaired) electrons. The van der Waals surface area contributed by atoms with Gasteiger partial charge in [-0.1, -0.05) is 6.07 Å². The third-order valence-corrected chi connectivity index (χ3v) is 7.63. The molecule has 27 heavy (non-hydrogen) atoms. The normalized spacial score (nSPS) is 22.0. The van der Waals surface area contributed by atoms with Gasteiger partial charge in [0.1, 0.15) is 0 Å². The number of piperazine rings is 1. The molecule has 0 aliphatic carbocycles. The Kier molecular flexibility index (Phi) is 6.20. The first-order chi connectivity index (χ1) is 12.8. The van der Waals surface area contributed by atoms with E-state index in [-0.39, 0.29) is 16.8 Å². The van der Waals surface area contributed by atoms with Crippen LogP contribution in [0.5, 0.6) is 0 Å². The molecule has 2 saturated heterocycles. The molecule has 0 saturated carbocycles. The molecule has 1 atom stereocenters. The molecule has 0 bridgehead atoms. The van der Waals surface area contributed by atoms with Crippen LogP contribution in [-0.4, -0.2) is 86.8 Å². The molecule has 1 aromatic carbocycles. The first-order valence-electron chi connectivity index (χ1n) is 9.63. The Bertz CT molecular complexity index is 775. The molecule has 150 valence electrons. The van der Waals surface area contributed by atoms with Gasteiger partial charge in [-0.2, -0.15) is 4.31 Å². The number of nitrogens with one attached hydrogen (secondary N) is 1. The zero-order valence-electron chi connectivity index (χ0n) is 16.4. The Morgan fingerprint density at radius 3 is 2.59 bits per heavy atom. The lowest BCUT2D eigenvalue weighted by Crippen LogP contribution is -2.49. The summed E-state index contributed by atoms with van der Waals surface area (Å²) in [6, 6.07) is 6.67. The van der Waals surface area contributed by atoms with Gasteiger partial charge in [-0.3, -0.25) is 9.69 Å². The van der Waals surface area contributed by atoms with E-state index in [9.17, 15) is 13.2 Å². The first kappa shape index (κ1) is 20.3. The predicted molar refractivity (Wildman–Crippen MR) is 105 cm³/mol. The fourth-order valence-electron chi connectivity index (χ4n) is 3.69. The van der Waals surface area contributed by atoms with Crippen LogP contribution in [-0.2, 0) is 10.0 Å². The van der Waals surface area contributed by atoms with Crippen LogP contribution in [0, 0.1) is 0 Å². The molecule has 2 heterocycles. The van der Waals surface area contributed by atoms with Crippen molar-refractivity contribution in [2.75, 3.05) is 46.3 Å². The summed E-state index contributed by atoms with van der Waals surface area (Å²) in [6.07, 6.45) is 0.972. The van der Waals surface area contributed by atoms with Gasteiger partial charge in [-0.25, -0.2) is 8.42 Å². The summed E-state index contributed by atoms with van der Waals surface area (Å²) in [5.41, 5.74) is 0.439. The second-order valence-electron chi connectivity index (χ2n) is 7.62. The van der Waals surface area contributed by atoms with Crippen molar-refractivity contribution in [1.29, 1.82) is 0 Å². The molecule has 7 nitrogen and oxygen atoms in total. The summed E-state index contributed by atoms with van der Waals surface area (Å²) in [5.74, 6) is -0.0862. The van der Waals surface area contributed by atoms with Crippen molar-refractivity contribution in [1.82, 2.24) is 19.4 Å². The van der Waals surface area contributed by atoms with Crippen molar-refractivity contribution in [3.8, 4) is 0 Å². The van der Waals surface area contributed by atoms with Gasteiger partial charge in [-0.05, 0) is 38.5 Å². The largest absolute Gasteiger partial charge is 0.337 e. The lowest BCUT2D eigenvalue weighted by molar-refractivity contribution is 0.0773. The van der Waals surface area contributed by atoms with Crippen LogP contribution in [0.1, 0.15) is 30.6 Å². The molecule has 2 aliphatic heterocycles. The van der Waals surface area contributed by atoms with Crippen LogP contribution in [0.4, 0.5) is 0 Å². The molecule has 2 aliphatic rings. The van der Waals surface area contributed by atoms with Gasteiger partial charge in [0.2, 0.25) is 10.0 Å². The number of hydrogen-bond donors (Lipinski definition) is 1. The van der Waals surface area contributed by atoms with Crippen molar-refractivity contribution in [2.45, 2.75) is 37.2 Å². The summed E-state index contributed by atoms with van der Waals surface area (Å²) in [7, 11) is -2.04. The smallest absolute Gasteiger partial charge is 0.253 e. The minimum Gasteiger partial charge on any atom is -0.337 e. The summed E-state index contributed by atoms with van der Waals surface area (Å²) in [4.78, 5) is 17.4. The Hall–Kier alpha value is -1.48. The molecule has 0 aromatic heterocycles. The zero-order valence-corrected chi connectivity index (χ0v) is 17.2. The van der Waals surface area contributed by atoms with Gasteiger partial charge < -0.3 is 10.2 Å². The number of rotatable bonds is 5. The monoisotopic (exact) mass is 394 g/mol. The zero-order chi connectivity index (χ0) is 19.6. The Morgan fingerprint density at radius 2 is 1.93 bits per heavy atom. The number of sulfonamides is 1. The van der Waals surface area contributed by atoms with Crippen LogP contribution in [0.15, 0.2) is 29.2 Å². The number of carbonyl (C=O) groups excluding carboxylic acids is 1. The standard InChI is InChI=1S/C19H30N4O3S/c1-15(2)21(3)27(25,26)18-6-4-5-16(13-18)19(24)23-10-7-17(14-23)22-11-8-20-9-12-22/h4-6,13,15,17,20H,7-12,14H2,1-3H3. The Labute approximate surface area is 162 Å². The fraction of sp³-hybridized carbons (Fsp3) is 0.632. The molecule has 2 fully saturated rings. The molecule has 8 heteroatoms. The van der Waals surface area contributed by atoms with Gasteiger partial charge in [-0.15, -0.1) is 0 Å². The summed E-state index contributed by atoms with van der Waals surface area (Å²) in [5, 5.41) is 3.35. The first-order valence-corrected chi connectivity index (χ1v) is 11.1. The number of carbonyl (C=O) groups is 1. The maximum Gasteiger partial charge on any atom is 0.253 e. The van der Waals surface area contributed by atoms with E-state index in [1.807, 2.05) is 18.7 Å². The van der Waals surface area contributed by atoms with E-state index in [1.165, 1.54) is 10.4 Å². The van der Waals surface area contributed by atoms with Crippen LogP contribution < -0.4 is 5.32 Å². The van der Waals surface area contributed by atoms with Crippen molar-refractivity contribution < 1.29 is 13.2 Å². The van der Waals surface area contributed by atoms with Crippen LogP contribution in [0.2, 0.25) is 0 Å². The molecule has 1 N–H and O–H groups in total. The van der Waals surface area contributed by atoms with Crippen molar-refractivity contribution in [3.05, 3.63) is 29.8 Å². The maximum atomic E-state index is 12.9. The van der Waals surface area contributed by atoms with E-state index >= 15 is 0 Å². The lowest BCUT2D eigenvalue weighted by Gasteiger charge is -2.32. The van der Waals surface area contributed by atoms with Crippen LogP contribution in [0.25, 0.3) is 0 Å². The van der Waals surface area contributed by atoms with Crippen LogP contribution >= 0.6 is 0 Å². The minimum absolute atomic E-state index is 0.0862. The van der Waals surface area contributed by atoms with Crippen molar-refractivity contribution in [2.24, 2.45) is 0 Å². The summed E-state index contributed by atoms with van der Waals surface area (Å²) in [6.45, 7) is 9.10. The van der Waals surface area contributed by atoms with Gasteiger partial charge >= 0.3 is 0 Å². The van der Waals surface area contributed by atoms with Crippen molar-refractivity contribution in [3.63, 3.8) is 0 Å². The number of amides is 1. The SMILES string of the molecule is CC(C)N(C)S(=O)(=O)c1cccc(C(=O)N2CCC(N3CCNCC3)C2)c1. The second-order valence-corrected chi connectivity index (χ2v) is 9.62. The van der Waals surface area contributed by atoms with E-state index in [4.69, 9.17) is 0 Å². The highest BCUT2D eigenvalue weighted by Crippen LogP contribution is 2.22. The lowest BCUT2D eigenvalue weighted by atomic mass is 10.2.